The lowest BCUT2D eigenvalue weighted by atomic mass is 9.82. The van der Waals surface area contributed by atoms with Crippen LogP contribution in [0, 0.1) is 0 Å². The van der Waals surface area contributed by atoms with E-state index < -0.39 is 5.97 Å². The monoisotopic (exact) mass is 388 g/mol. The van der Waals surface area contributed by atoms with Crippen LogP contribution < -0.4 is 5.43 Å². The van der Waals surface area contributed by atoms with E-state index in [9.17, 15) is 19.8 Å². The van der Waals surface area contributed by atoms with Crippen LogP contribution in [0.2, 0.25) is 0 Å². The summed E-state index contributed by atoms with van der Waals surface area (Å²) in [7, 11) is 0. The number of rotatable bonds is 2. The Hall–Kier alpha value is -3.60. The van der Waals surface area contributed by atoms with Crippen molar-refractivity contribution >= 4 is 16.9 Å². The fraction of sp³-hybridized carbons (Fsp3) is 0.167. The van der Waals surface area contributed by atoms with E-state index in [2.05, 4.69) is 20.8 Å². The molecule has 0 saturated heterocycles. The Morgan fingerprint density at radius 3 is 2.38 bits per heavy atom. The lowest BCUT2D eigenvalue weighted by molar-refractivity contribution is 0.0697. The van der Waals surface area contributed by atoms with Crippen LogP contribution in [0.3, 0.4) is 0 Å². The zero-order valence-corrected chi connectivity index (χ0v) is 16.3. The summed E-state index contributed by atoms with van der Waals surface area (Å²) in [5.74, 6) is -0.684. The molecule has 1 heterocycles. The summed E-state index contributed by atoms with van der Waals surface area (Å²) >= 11 is 0. The third kappa shape index (κ3) is 3.25. The molecule has 0 saturated carbocycles. The van der Waals surface area contributed by atoms with Gasteiger partial charge >= 0.3 is 5.97 Å². The maximum absolute atomic E-state index is 12.0. The molecule has 1 aliphatic heterocycles. The van der Waals surface area contributed by atoms with Gasteiger partial charge in [0.25, 0.3) is 0 Å². The highest BCUT2D eigenvalue weighted by Gasteiger charge is 2.24. The first-order valence-corrected chi connectivity index (χ1v) is 9.23. The minimum Gasteiger partial charge on any atom is -0.508 e. The number of phenols is 1. The topological polar surface area (TPSA) is 87.7 Å². The SMILES string of the molecule is CC(C)(C)c1ccc(C(=O)O)c(-c2c3ccc(=O)cc-3oc3cc(O)ccc23)c1. The van der Waals surface area contributed by atoms with Gasteiger partial charge in [0, 0.05) is 28.6 Å². The summed E-state index contributed by atoms with van der Waals surface area (Å²) in [6.45, 7) is 6.18. The number of hydrogen-bond acceptors (Lipinski definition) is 4. The molecule has 146 valence electrons. The second-order valence-electron chi connectivity index (χ2n) is 8.13. The number of carboxylic acids is 1. The van der Waals surface area contributed by atoms with Crippen molar-refractivity contribution in [3.63, 3.8) is 0 Å². The average Bonchev–Trinajstić information content (AvgIpc) is 2.64. The van der Waals surface area contributed by atoms with E-state index in [1.54, 1.807) is 18.2 Å². The Balaban J connectivity index is 2.20. The summed E-state index contributed by atoms with van der Waals surface area (Å²) in [5, 5.41) is 20.4. The van der Waals surface area contributed by atoms with Crippen LogP contribution >= 0.6 is 0 Å². The fourth-order valence-corrected chi connectivity index (χ4v) is 3.55. The van der Waals surface area contributed by atoms with Crippen LogP contribution in [-0.2, 0) is 5.41 Å². The summed E-state index contributed by atoms with van der Waals surface area (Å²) in [6.07, 6.45) is 0. The molecule has 0 atom stereocenters. The Morgan fingerprint density at radius 1 is 0.931 bits per heavy atom. The molecule has 29 heavy (non-hydrogen) atoms. The number of benzene rings is 3. The molecule has 0 radical (unpaired) electrons. The number of phenolic OH excluding ortho intramolecular Hbond substituents is 1. The van der Waals surface area contributed by atoms with Crippen LogP contribution in [0.5, 0.6) is 5.75 Å². The van der Waals surface area contributed by atoms with Crippen molar-refractivity contribution in [1.82, 2.24) is 0 Å². The van der Waals surface area contributed by atoms with Crippen molar-refractivity contribution in [2.24, 2.45) is 0 Å². The van der Waals surface area contributed by atoms with Gasteiger partial charge < -0.3 is 14.6 Å². The molecular formula is C24H20O5. The van der Waals surface area contributed by atoms with E-state index in [0.717, 1.165) is 5.56 Å². The molecule has 1 aliphatic carbocycles. The van der Waals surface area contributed by atoms with Gasteiger partial charge in [-0.3, -0.25) is 4.79 Å². The molecular weight excluding hydrogens is 368 g/mol. The second-order valence-corrected chi connectivity index (χ2v) is 8.13. The molecule has 0 aromatic heterocycles. The average molecular weight is 388 g/mol. The van der Waals surface area contributed by atoms with Gasteiger partial charge in [-0.05, 0) is 52.9 Å². The Bertz CT molecular complexity index is 1290. The van der Waals surface area contributed by atoms with Crippen molar-refractivity contribution < 1.29 is 19.4 Å². The standard InChI is InChI=1S/C24H20O5/c1-24(2,3)13-4-7-16(23(27)28)19(10-13)22-17-8-5-14(25)11-20(17)29-21-12-15(26)6-9-18(21)22/h4-12,25H,1-3H3,(H,27,28). The Morgan fingerprint density at radius 2 is 1.69 bits per heavy atom. The molecule has 5 nitrogen and oxygen atoms in total. The molecule has 0 spiro atoms. The minimum absolute atomic E-state index is 0.0201. The predicted octanol–water partition coefficient (Wildman–Crippen LogP) is 5.27. The highest BCUT2D eigenvalue weighted by atomic mass is 16.4. The van der Waals surface area contributed by atoms with Crippen LogP contribution in [-0.4, -0.2) is 16.2 Å². The molecule has 2 aliphatic rings. The summed E-state index contributed by atoms with van der Waals surface area (Å²) in [6, 6.07) is 14.5. The van der Waals surface area contributed by atoms with E-state index in [1.165, 1.54) is 24.3 Å². The molecule has 0 unspecified atom stereocenters. The first-order chi connectivity index (χ1) is 13.6. The van der Waals surface area contributed by atoms with E-state index in [-0.39, 0.29) is 22.2 Å². The lowest BCUT2D eigenvalue weighted by Crippen LogP contribution is -2.12. The number of carbonyl (C=O) groups is 1. The summed E-state index contributed by atoms with van der Waals surface area (Å²) < 4.78 is 5.86. The molecule has 2 N–H and O–H groups in total. The second kappa shape index (κ2) is 6.48. The number of carboxylic acid groups (broad SMARTS) is 1. The van der Waals surface area contributed by atoms with Gasteiger partial charge in [-0.1, -0.05) is 26.8 Å². The first kappa shape index (κ1) is 18.7. The van der Waals surface area contributed by atoms with Gasteiger partial charge in [0.1, 0.15) is 17.1 Å². The fourth-order valence-electron chi connectivity index (χ4n) is 3.55. The van der Waals surface area contributed by atoms with Gasteiger partial charge in [0.2, 0.25) is 0 Å². The van der Waals surface area contributed by atoms with Crippen LogP contribution in [0.15, 0.2) is 63.8 Å². The van der Waals surface area contributed by atoms with Crippen molar-refractivity contribution in [1.29, 1.82) is 0 Å². The van der Waals surface area contributed by atoms with Gasteiger partial charge in [-0.15, -0.1) is 0 Å². The van der Waals surface area contributed by atoms with Crippen molar-refractivity contribution in [2.45, 2.75) is 26.2 Å². The zero-order valence-electron chi connectivity index (χ0n) is 16.3. The van der Waals surface area contributed by atoms with Crippen molar-refractivity contribution in [3.05, 3.63) is 75.9 Å². The third-order valence-corrected chi connectivity index (χ3v) is 5.06. The van der Waals surface area contributed by atoms with Gasteiger partial charge in [0.05, 0.1) is 5.56 Å². The largest absolute Gasteiger partial charge is 0.508 e. The number of aromatic carboxylic acids is 1. The van der Waals surface area contributed by atoms with E-state index in [4.69, 9.17) is 4.42 Å². The maximum Gasteiger partial charge on any atom is 0.336 e. The maximum atomic E-state index is 12.0. The highest BCUT2D eigenvalue weighted by molar-refractivity contribution is 6.07. The molecule has 4 rings (SSSR count). The molecule has 2 aromatic rings. The number of aromatic hydroxyl groups is 1. The molecule has 5 heteroatoms. The van der Waals surface area contributed by atoms with E-state index >= 15 is 0 Å². The predicted molar refractivity (Wildman–Crippen MR) is 112 cm³/mol. The zero-order chi connectivity index (χ0) is 20.9. The smallest absolute Gasteiger partial charge is 0.336 e. The van der Waals surface area contributed by atoms with E-state index in [1.807, 2.05) is 12.1 Å². The minimum atomic E-state index is -1.04. The third-order valence-electron chi connectivity index (χ3n) is 5.06. The highest BCUT2D eigenvalue weighted by Crippen LogP contribution is 2.43. The number of fused-ring (bicyclic) bond motifs is 2. The molecule has 2 aromatic carbocycles. The van der Waals surface area contributed by atoms with E-state index in [0.29, 0.717) is 33.4 Å². The van der Waals surface area contributed by atoms with Crippen molar-refractivity contribution in [3.8, 4) is 28.2 Å². The number of hydrogen-bond donors (Lipinski definition) is 2. The first-order valence-electron chi connectivity index (χ1n) is 9.23. The Labute approximate surface area is 167 Å². The van der Waals surface area contributed by atoms with Crippen LogP contribution in [0.4, 0.5) is 0 Å². The van der Waals surface area contributed by atoms with Gasteiger partial charge in [-0.2, -0.15) is 0 Å². The normalized spacial score (nSPS) is 11.8. The van der Waals surface area contributed by atoms with Gasteiger partial charge in [-0.25, -0.2) is 4.79 Å². The van der Waals surface area contributed by atoms with Crippen LogP contribution in [0.25, 0.3) is 33.4 Å². The summed E-state index contributed by atoms with van der Waals surface area (Å²) in [4.78, 5) is 23.9. The van der Waals surface area contributed by atoms with Crippen LogP contribution in [0.1, 0.15) is 36.7 Å². The van der Waals surface area contributed by atoms with Gasteiger partial charge in [0.15, 0.2) is 5.43 Å². The molecule has 0 bridgehead atoms. The molecule has 0 fully saturated rings. The Kier molecular flexibility index (Phi) is 4.19. The van der Waals surface area contributed by atoms with Crippen molar-refractivity contribution in [2.75, 3.05) is 0 Å². The quantitative estimate of drug-likeness (QED) is 0.457. The summed E-state index contributed by atoms with van der Waals surface area (Å²) in [5.41, 5.74) is 2.95. The lowest BCUT2D eigenvalue weighted by Gasteiger charge is -2.22. The molecule has 0 amide bonds.